The monoisotopic (exact) mass is 231 g/mol. The van der Waals surface area contributed by atoms with Crippen LogP contribution in [-0.4, -0.2) is 41.0 Å². The molecule has 17 heavy (non-hydrogen) atoms. The Morgan fingerprint density at radius 3 is 3.06 bits per heavy atom. The molecule has 0 bridgehead atoms. The SMILES string of the molecule is CCN1CCC(CNc2nccnc2C#N)C1. The molecule has 0 aromatic carbocycles. The summed E-state index contributed by atoms with van der Waals surface area (Å²) in [6.45, 7) is 6.47. The number of aromatic nitrogens is 2. The summed E-state index contributed by atoms with van der Waals surface area (Å²) in [4.78, 5) is 10.6. The first-order valence-electron chi connectivity index (χ1n) is 6.00. The molecule has 2 rings (SSSR count). The van der Waals surface area contributed by atoms with Crippen molar-refractivity contribution < 1.29 is 0 Å². The fourth-order valence-corrected chi connectivity index (χ4v) is 2.16. The van der Waals surface area contributed by atoms with Crippen molar-refractivity contribution in [3.8, 4) is 6.07 Å². The lowest BCUT2D eigenvalue weighted by atomic mass is 10.1. The average molecular weight is 231 g/mol. The van der Waals surface area contributed by atoms with Gasteiger partial charge >= 0.3 is 0 Å². The molecule has 1 fully saturated rings. The Labute approximate surface area is 101 Å². The molecule has 1 aromatic heterocycles. The first-order chi connectivity index (χ1) is 8.33. The lowest BCUT2D eigenvalue weighted by molar-refractivity contribution is 0.345. The van der Waals surface area contributed by atoms with Crippen LogP contribution < -0.4 is 5.32 Å². The van der Waals surface area contributed by atoms with Gasteiger partial charge in [0.15, 0.2) is 11.5 Å². The Balaban J connectivity index is 1.88. The van der Waals surface area contributed by atoms with Gasteiger partial charge in [0.25, 0.3) is 0 Å². The first kappa shape index (κ1) is 11.8. The molecule has 1 atom stereocenters. The molecule has 5 heteroatoms. The van der Waals surface area contributed by atoms with Crippen LogP contribution in [0.5, 0.6) is 0 Å². The maximum absolute atomic E-state index is 8.89. The van der Waals surface area contributed by atoms with Crippen LogP contribution in [0, 0.1) is 17.2 Å². The van der Waals surface area contributed by atoms with Crippen LogP contribution in [0.25, 0.3) is 0 Å². The van der Waals surface area contributed by atoms with E-state index in [2.05, 4.69) is 27.1 Å². The van der Waals surface area contributed by atoms with E-state index in [1.54, 1.807) is 6.20 Å². The molecular weight excluding hydrogens is 214 g/mol. The van der Waals surface area contributed by atoms with E-state index in [0.717, 1.165) is 19.6 Å². The number of nitrogens with zero attached hydrogens (tertiary/aromatic N) is 4. The maximum atomic E-state index is 8.89. The van der Waals surface area contributed by atoms with Gasteiger partial charge in [-0.3, -0.25) is 0 Å². The Bertz CT molecular complexity index is 412. The molecule has 5 nitrogen and oxygen atoms in total. The summed E-state index contributed by atoms with van der Waals surface area (Å²) in [5.41, 5.74) is 0.373. The zero-order chi connectivity index (χ0) is 12.1. The van der Waals surface area contributed by atoms with Crippen molar-refractivity contribution in [1.29, 1.82) is 5.26 Å². The van der Waals surface area contributed by atoms with E-state index < -0.39 is 0 Å². The van der Waals surface area contributed by atoms with Gasteiger partial charge in [0, 0.05) is 25.5 Å². The minimum absolute atomic E-state index is 0.373. The van der Waals surface area contributed by atoms with E-state index in [-0.39, 0.29) is 0 Å². The smallest absolute Gasteiger partial charge is 0.182 e. The van der Waals surface area contributed by atoms with E-state index in [4.69, 9.17) is 5.26 Å². The molecule has 90 valence electrons. The molecule has 1 aliphatic rings. The lowest BCUT2D eigenvalue weighted by Crippen LogP contribution is -2.22. The third kappa shape index (κ3) is 2.92. The zero-order valence-electron chi connectivity index (χ0n) is 10.1. The molecule has 0 saturated carbocycles. The van der Waals surface area contributed by atoms with Crippen LogP contribution in [0.3, 0.4) is 0 Å². The highest BCUT2D eigenvalue weighted by atomic mass is 15.1. The van der Waals surface area contributed by atoms with Gasteiger partial charge in [-0.25, -0.2) is 9.97 Å². The van der Waals surface area contributed by atoms with E-state index >= 15 is 0 Å². The number of anilines is 1. The van der Waals surface area contributed by atoms with Crippen LogP contribution >= 0.6 is 0 Å². The van der Waals surface area contributed by atoms with E-state index in [1.807, 2.05) is 6.07 Å². The largest absolute Gasteiger partial charge is 0.367 e. The quantitative estimate of drug-likeness (QED) is 0.840. The minimum Gasteiger partial charge on any atom is -0.367 e. The molecule has 1 N–H and O–H groups in total. The third-order valence-corrected chi connectivity index (χ3v) is 3.18. The van der Waals surface area contributed by atoms with Crippen molar-refractivity contribution in [3.05, 3.63) is 18.1 Å². The van der Waals surface area contributed by atoms with E-state index in [0.29, 0.717) is 17.4 Å². The summed E-state index contributed by atoms with van der Waals surface area (Å²) in [6.07, 6.45) is 4.36. The zero-order valence-corrected chi connectivity index (χ0v) is 10.1. The number of nitriles is 1. The van der Waals surface area contributed by atoms with Gasteiger partial charge in [-0.15, -0.1) is 0 Å². The summed E-state index contributed by atoms with van der Waals surface area (Å²) in [7, 11) is 0. The predicted molar refractivity (Wildman–Crippen MR) is 65.5 cm³/mol. The number of rotatable bonds is 4. The van der Waals surface area contributed by atoms with Gasteiger partial charge in [-0.05, 0) is 25.4 Å². The molecular formula is C12H17N5. The number of nitrogens with one attached hydrogen (secondary N) is 1. The molecule has 0 amide bonds. The van der Waals surface area contributed by atoms with Crippen molar-refractivity contribution in [3.63, 3.8) is 0 Å². The Morgan fingerprint density at radius 2 is 2.35 bits per heavy atom. The second-order valence-corrected chi connectivity index (χ2v) is 4.29. The minimum atomic E-state index is 0.373. The number of likely N-dealkylation sites (tertiary alicyclic amines) is 1. The van der Waals surface area contributed by atoms with Crippen molar-refractivity contribution in [2.24, 2.45) is 5.92 Å². The standard InChI is InChI=1S/C12H17N5/c1-2-17-6-3-10(9-17)8-16-12-11(7-13)14-4-5-15-12/h4-5,10H,2-3,6,8-9H2,1H3,(H,15,16). The summed E-state index contributed by atoms with van der Waals surface area (Å²) in [5.74, 6) is 1.24. The van der Waals surface area contributed by atoms with Crippen molar-refractivity contribution in [1.82, 2.24) is 14.9 Å². The predicted octanol–water partition coefficient (Wildman–Crippen LogP) is 1.10. The van der Waals surface area contributed by atoms with Crippen molar-refractivity contribution in [2.45, 2.75) is 13.3 Å². The second-order valence-electron chi connectivity index (χ2n) is 4.29. The molecule has 2 heterocycles. The van der Waals surface area contributed by atoms with Crippen molar-refractivity contribution in [2.75, 3.05) is 31.5 Å². The highest BCUT2D eigenvalue weighted by Gasteiger charge is 2.21. The van der Waals surface area contributed by atoms with Crippen molar-refractivity contribution >= 4 is 5.82 Å². The Hall–Kier alpha value is -1.67. The number of hydrogen-bond donors (Lipinski definition) is 1. The first-order valence-corrected chi connectivity index (χ1v) is 6.00. The molecule has 1 aromatic rings. The highest BCUT2D eigenvalue weighted by Crippen LogP contribution is 2.16. The maximum Gasteiger partial charge on any atom is 0.182 e. The summed E-state index contributed by atoms with van der Waals surface area (Å²) in [6, 6.07) is 2.04. The van der Waals surface area contributed by atoms with Gasteiger partial charge in [0.1, 0.15) is 6.07 Å². The van der Waals surface area contributed by atoms with Gasteiger partial charge in [-0.1, -0.05) is 6.92 Å². The fourth-order valence-electron chi connectivity index (χ4n) is 2.16. The average Bonchev–Trinajstić information content (AvgIpc) is 2.84. The van der Waals surface area contributed by atoms with Crippen LogP contribution in [0.2, 0.25) is 0 Å². The van der Waals surface area contributed by atoms with Gasteiger partial charge in [0.05, 0.1) is 0 Å². The van der Waals surface area contributed by atoms with Crippen LogP contribution in [-0.2, 0) is 0 Å². The normalized spacial score (nSPS) is 20.1. The lowest BCUT2D eigenvalue weighted by Gasteiger charge is -2.14. The van der Waals surface area contributed by atoms with Gasteiger partial charge in [-0.2, -0.15) is 5.26 Å². The second kappa shape index (κ2) is 5.60. The Kier molecular flexibility index (Phi) is 3.89. The molecule has 1 unspecified atom stereocenters. The summed E-state index contributed by atoms with van der Waals surface area (Å²) < 4.78 is 0. The van der Waals surface area contributed by atoms with Crippen LogP contribution in [0.15, 0.2) is 12.4 Å². The summed E-state index contributed by atoms with van der Waals surface area (Å²) >= 11 is 0. The molecule has 0 spiro atoms. The van der Waals surface area contributed by atoms with E-state index in [9.17, 15) is 0 Å². The molecule has 0 aliphatic carbocycles. The van der Waals surface area contributed by atoms with Crippen LogP contribution in [0.1, 0.15) is 19.0 Å². The van der Waals surface area contributed by atoms with Gasteiger partial charge in [0.2, 0.25) is 0 Å². The molecule has 1 saturated heterocycles. The molecule has 1 aliphatic heterocycles. The highest BCUT2D eigenvalue weighted by molar-refractivity contribution is 5.46. The topological polar surface area (TPSA) is 64.8 Å². The third-order valence-electron chi connectivity index (χ3n) is 3.18. The van der Waals surface area contributed by atoms with E-state index in [1.165, 1.54) is 19.2 Å². The van der Waals surface area contributed by atoms with Gasteiger partial charge < -0.3 is 10.2 Å². The van der Waals surface area contributed by atoms with Crippen LogP contribution in [0.4, 0.5) is 5.82 Å². The molecule has 0 radical (unpaired) electrons. The fraction of sp³-hybridized carbons (Fsp3) is 0.583. The Morgan fingerprint density at radius 1 is 1.53 bits per heavy atom. The number of hydrogen-bond acceptors (Lipinski definition) is 5. The summed E-state index contributed by atoms with van der Waals surface area (Å²) in [5, 5.41) is 12.1.